The molecule has 1 saturated carbocycles. The molecule has 7 nitrogen and oxygen atoms in total. The highest BCUT2D eigenvalue weighted by Crippen LogP contribution is 2.36. The van der Waals surface area contributed by atoms with Crippen molar-refractivity contribution in [1.29, 1.82) is 0 Å². The molecule has 0 unspecified atom stereocenters. The topological polar surface area (TPSA) is 84.3 Å². The first-order valence-corrected chi connectivity index (χ1v) is 13.6. The van der Waals surface area contributed by atoms with Crippen LogP contribution in [0.2, 0.25) is 5.02 Å². The average molecular weight is 559 g/mol. The first-order valence-electron chi connectivity index (χ1n) is 11.7. The number of likely N-dealkylation sites (tertiary alicyclic amines) is 1. The molecule has 0 spiro atoms. The van der Waals surface area contributed by atoms with E-state index in [-0.39, 0.29) is 34.3 Å². The van der Waals surface area contributed by atoms with Gasteiger partial charge in [0.05, 0.1) is 28.6 Å². The maximum atomic E-state index is 13.9. The zero-order chi connectivity index (χ0) is 26.5. The Kier molecular flexibility index (Phi) is 6.70. The van der Waals surface area contributed by atoms with Crippen LogP contribution in [0.5, 0.6) is 0 Å². The highest BCUT2D eigenvalue weighted by molar-refractivity contribution is 7.91. The minimum atomic E-state index is -4.53. The number of fused-ring (bicyclic) bond motifs is 1. The Labute approximate surface area is 215 Å². The van der Waals surface area contributed by atoms with E-state index in [2.05, 4.69) is 5.10 Å². The van der Waals surface area contributed by atoms with E-state index in [9.17, 15) is 30.8 Å². The van der Waals surface area contributed by atoms with E-state index < -0.39 is 39.6 Å². The summed E-state index contributed by atoms with van der Waals surface area (Å²) in [6.07, 6.45) is -1.44. The number of nitrogens with zero attached hydrogens (tertiary/aromatic N) is 3. The van der Waals surface area contributed by atoms with E-state index in [1.165, 1.54) is 30.5 Å². The van der Waals surface area contributed by atoms with Crippen LogP contribution in [-0.2, 0) is 29.4 Å². The third-order valence-corrected chi connectivity index (χ3v) is 8.83. The van der Waals surface area contributed by atoms with Crippen LogP contribution in [0.1, 0.15) is 52.4 Å². The van der Waals surface area contributed by atoms with Crippen LogP contribution < -0.4 is 4.72 Å². The third kappa shape index (κ3) is 5.32. The molecule has 2 aromatic carbocycles. The molecule has 37 heavy (non-hydrogen) atoms. The van der Waals surface area contributed by atoms with Crippen LogP contribution in [0.4, 0.5) is 17.6 Å². The van der Waals surface area contributed by atoms with E-state index in [0.29, 0.717) is 43.3 Å². The van der Waals surface area contributed by atoms with Crippen molar-refractivity contribution in [3.8, 4) is 0 Å². The number of amides is 1. The fourth-order valence-electron chi connectivity index (χ4n) is 4.74. The second-order valence-electron chi connectivity index (χ2n) is 9.44. The van der Waals surface area contributed by atoms with Gasteiger partial charge in [0, 0.05) is 35.6 Å². The van der Waals surface area contributed by atoms with Crippen LogP contribution in [0.15, 0.2) is 36.5 Å². The summed E-state index contributed by atoms with van der Waals surface area (Å²) in [7, 11) is -3.79. The van der Waals surface area contributed by atoms with Crippen LogP contribution >= 0.6 is 11.6 Å². The molecule has 1 aliphatic heterocycles. The summed E-state index contributed by atoms with van der Waals surface area (Å²) in [5, 5.41) is 4.34. The molecular formula is C24H23ClF4N4O3S. The summed E-state index contributed by atoms with van der Waals surface area (Å²) >= 11 is 5.78. The molecule has 3 aromatic rings. The predicted molar refractivity (Wildman–Crippen MR) is 129 cm³/mol. The van der Waals surface area contributed by atoms with Crippen molar-refractivity contribution in [2.24, 2.45) is 0 Å². The summed E-state index contributed by atoms with van der Waals surface area (Å²) in [4.78, 5) is 14.5. The Morgan fingerprint density at radius 1 is 1.14 bits per heavy atom. The number of sulfonamides is 1. The zero-order valence-corrected chi connectivity index (χ0v) is 21.0. The van der Waals surface area contributed by atoms with Crippen molar-refractivity contribution < 1.29 is 30.8 Å². The molecule has 1 aromatic heterocycles. The fraction of sp³-hybridized carbons (Fsp3) is 0.417. The van der Waals surface area contributed by atoms with Gasteiger partial charge in [0.1, 0.15) is 6.67 Å². The molecule has 0 radical (unpaired) electrons. The number of benzene rings is 2. The Morgan fingerprint density at radius 3 is 2.57 bits per heavy atom. The maximum Gasteiger partial charge on any atom is 0.416 e. The largest absolute Gasteiger partial charge is 0.416 e. The molecule has 13 heteroatoms. The molecule has 198 valence electrons. The molecule has 1 aliphatic carbocycles. The zero-order valence-electron chi connectivity index (χ0n) is 19.4. The van der Waals surface area contributed by atoms with Crippen molar-refractivity contribution in [3.05, 3.63) is 63.8 Å². The quantitative estimate of drug-likeness (QED) is 0.419. The van der Waals surface area contributed by atoms with Crippen molar-refractivity contribution in [1.82, 2.24) is 19.4 Å². The second-order valence-corrected chi connectivity index (χ2v) is 11.8. The molecule has 5 rings (SSSR count). The fourth-order valence-corrected chi connectivity index (χ4v) is 6.21. The highest BCUT2D eigenvalue weighted by Gasteiger charge is 2.38. The maximum absolute atomic E-state index is 13.9. The van der Waals surface area contributed by atoms with Crippen LogP contribution in [0.25, 0.3) is 10.9 Å². The molecule has 1 saturated heterocycles. The lowest BCUT2D eigenvalue weighted by molar-refractivity contribution is -0.138. The summed E-state index contributed by atoms with van der Waals surface area (Å²) < 4.78 is 82.4. The average Bonchev–Trinajstić information content (AvgIpc) is 3.48. The molecule has 2 aliphatic rings. The minimum absolute atomic E-state index is 0.0141. The van der Waals surface area contributed by atoms with E-state index >= 15 is 0 Å². The molecule has 1 atom stereocenters. The smallest absolute Gasteiger partial charge is 0.297 e. The Bertz CT molecular complexity index is 1470. The van der Waals surface area contributed by atoms with Gasteiger partial charge in [0.15, 0.2) is 0 Å². The highest BCUT2D eigenvalue weighted by atomic mass is 35.5. The lowest BCUT2D eigenvalue weighted by atomic mass is 10.0. The van der Waals surface area contributed by atoms with E-state index in [1.54, 1.807) is 4.68 Å². The SMILES string of the molecule is O=C(NS(=O)(=O)C1CC1)c1cc2cnn([C@@H]3CCN(Cc4ccc(Cl)cc4C(F)(F)F)C3)c2cc1CF. The lowest BCUT2D eigenvalue weighted by Gasteiger charge is -2.20. The van der Waals surface area contributed by atoms with Gasteiger partial charge in [-0.3, -0.25) is 14.4 Å². The molecule has 1 amide bonds. The van der Waals surface area contributed by atoms with Crippen LogP contribution in [-0.4, -0.2) is 47.3 Å². The lowest BCUT2D eigenvalue weighted by Crippen LogP contribution is -2.33. The number of aromatic nitrogens is 2. The van der Waals surface area contributed by atoms with Gasteiger partial charge in [-0.05, 0) is 54.7 Å². The van der Waals surface area contributed by atoms with Gasteiger partial charge < -0.3 is 0 Å². The standard InChI is InChI=1S/C24H23ClF4N4O3S/c25-17-2-1-14(21(9-17)24(27,28)29)12-32-6-5-18(13-32)33-22-8-15(10-26)20(7-16(22)11-30-33)23(34)31-37(35,36)19-3-4-19/h1-2,7-9,11,18-19H,3-6,10,12-13H2,(H,31,34)/t18-/m1/s1. The van der Waals surface area contributed by atoms with E-state index in [0.717, 1.165) is 6.07 Å². The monoisotopic (exact) mass is 558 g/mol. The van der Waals surface area contributed by atoms with E-state index in [1.807, 2.05) is 9.62 Å². The van der Waals surface area contributed by atoms with Crippen LogP contribution in [0.3, 0.4) is 0 Å². The molecular weight excluding hydrogens is 536 g/mol. The summed E-state index contributed by atoms with van der Waals surface area (Å²) in [5.74, 6) is -0.885. The van der Waals surface area contributed by atoms with Crippen LogP contribution in [0, 0.1) is 0 Å². The third-order valence-electron chi connectivity index (χ3n) is 6.77. The summed E-state index contributed by atoms with van der Waals surface area (Å²) in [6.45, 7) is 0.0448. The van der Waals surface area contributed by atoms with Gasteiger partial charge in [-0.25, -0.2) is 17.5 Å². The number of halogens is 5. The molecule has 1 N–H and O–H groups in total. The first-order chi connectivity index (χ1) is 17.5. The Hall–Kier alpha value is -2.70. The van der Waals surface area contributed by atoms with Gasteiger partial charge in [-0.15, -0.1) is 0 Å². The summed E-state index contributed by atoms with van der Waals surface area (Å²) in [6, 6.07) is 6.45. The number of rotatable bonds is 7. The number of carbonyl (C=O) groups excluding carboxylic acids is 1. The number of nitrogens with one attached hydrogen (secondary N) is 1. The van der Waals surface area contributed by atoms with Crippen molar-refractivity contribution in [2.75, 3.05) is 13.1 Å². The van der Waals surface area contributed by atoms with Crippen molar-refractivity contribution >= 4 is 38.4 Å². The molecule has 2 fully saturated rings. The molecule has 0 bridgehead atoms. The van der Waals surface area contributed by atoms with Gasteiger partial charge in [0.2, 0.25) is 10.0 Å². The minimum Gasteiger partial charge on any atom is -0.297 e. The van der Waals surface area contributed by atoms with Gasteiger partial charge in [0.25, 0.3) is 5.91 Å². The number of carbonyl (C=O) groups is 1. The van der Waals surface area contributed by atoms with Gasteiger partial charge >= 0.3 is 6.18 Å². The van der Waals surface area contributed by atoms with Crippen molar-refractivity contribution in [3.63, 3.8) is 0 Å². The van der Waals surface area contributed by atoms with Gasteiger partial charge in [-0.2, -0.15) is 18.3 Å². The predicted octanol–water partition coefficient (Wildman–Crippen LogP) is 4.85. The Morgan fingerprint density at radius 2 is 1.89 bits per heavy atom. The normalized spacial score (nSPS) is 19.0. The summed E-state index contributed by atoms with van der Waals surface area (Å²) in [5.41, 5.74) is -0.129. The number of hydrogen-bond acceptors (Lipinski definition) is 5. The Balaban J connectivity index is 1.36. The molecule has 2 heterocycles. The number of alkyl halides is 4. The second kappa shape index (κ2) is 9.55. The van der Waals surface area contributed by atoms with Crippen molar-refractivity contribution in [2.45, 2.75) is 49.9 Å². The van der Waals surface area contributed by atoms with E-state index in [4.69, 9.17) is 11.6 Å². The first kappa shape index (κ1) is 25.9. The number of hydrogen-bond donors (Lipinski definition) is 1. The van der Waals surface area contributed by atoms with Gasteiger partial charge in [-0.1, -0.05) is 17.7 Å².